The fourth-order valence-corrected chi connectivity index (χ4v) is 2.28. The third-order valence-electron chi connectivity index (χ3n) is 3.84. The molecule has 1 aromatic rings. The van der Waals surface area contributed by atoms with Gasteiger partial charge in [0.1, 0.15) is 5.54 Å². The van der Waals surface area contributed by atoms with Gasteiger partial charge < -0.3 is 21.1 Å². The molecule has 4 N–H and O–H groups in total. The summed E-state index contributed by atoms with van der Waals surface area (Å²) < 4.78 is 5.19. The highest BCUT2D eigenvalue weighted by Gasteiger charge is 2.38. The molecule has 2 amide bonds. The number of ether oxygens (including phenoxy) is 1. The topological polar surface area (TPSA) is 93.5 Å². The molecule has 112 valence electrons. The van der Waals surface area contributed by atoms with Crippen molar-refractivity contribution in [2.75, 3.05) is 23.8 Å². The Balaban J connectivity index is 1.65. The predicted octanol–water partition coefficient (Wildman–Crippen LogP) is 1.09. The first kappa shape index (κ1) is 14.0. The minimum atomic E-state index is -0.965. The molecular formula is C15H19N3O3. The predicted molar refractivity (Wildman–Crippen MR) is 78.8 cm³/mol. The van der Waals surface area contributed by atoms with Crippen molar-refractivity contribution >= 4 is 23.2 Å². The van der Waals surface area contributed by atoms with Crippen molar-refractivity contribution in [3.8, 4) is 0 Å². The summed E-state index contributed by atoms with van der Waals surface area (Å²) in [7, 11) is 0. The van der Waals surface area contributed by atoms with E-state index in [1.165, 1.54) is 0 Å². The van der Waals surface area contributed by atoms with Crippen LogP contribution in [0.2, 0.25) is 0 Å². The number of nitrogens with one attached hydrogen (secondary N) is 2. The summed E-state index contributed by atoms with van der Waals surface area (Å²) in [6.07, 6.45) is 2.42. The van der Waals surface area contributed by atoms with Crippen LogP contribution in [0, 0.1) is 5.92 Å². The number of carbonyl (C=O) groups is 2. The van der Waals surface area contributed by atoms with Crippen molar-refractivity contribution in [3.05, 3.63) is 24.3 Å². The van der Waals surface area contributed by atoms with Gasteiger partial charge in [-0.15, -0.1) is 0 Å². The third-order valence-corrected chi connectivity index (χ3v) is 3.84. The maximum absolute atomic E-state index is 12.2. The number of hydrogen-bond donors (Lipinski definition) is 3. The van der Waals surface area contributed by atoms with Gasteiger partial charge in [0.15, 0.2) is 0 Å². The summed E-state index contributed by atoms with van der Waals surface area (Å²) in [6.45, 7) is 0.734. The highest BCUT2D eigenvalue weighted by atomic mass is 16.5. The molecule has 21 heavy (non-hydrogen) atoms. The van der Waals surface area contributed by atoms with Gasteiger partial charge in [-0.2, -0.15) is 0 Å². The molecule has 1 aromatic carbocycles. The lowest BCUT2D eigenvalue weighted by molar-refractivity contribution is -0.121. The largest absolute Gasteiger partial charge is 0.379 e. The Kier molecular flexibility index (Phi) is 3.65. The highest BCUT2D eigenvalue weighted by Crippen LogP contribution is 2.30. The summed E-state index contributed by atoms with van der Waals surface area (Å²) in [5.41, 5.74) is 6.34. The molecule has 1 saturated carbocycles. The molecule has 6 nitrogen and oxygen atoms in total. The number of amides is 2. The minimum Gasteiger partial charge on any atom is -0.379 e. The number of nitrogens with two attached hydrogens (primary N) is 1. The molecule has 1 heterocycles. The van der Waals surface area contributed by atoms with Crippen LogP contribution in [0.15, 0.2) is 24.3 Å². The molecule has 0 radical (unpaired) electrons. The molecule has 1 unspecified atom stereocenters. The van der Waals surface area contributed by atoms with Crippen LogP contribution in [0.4, 0.5) is 11.4 Å². The Bertz CT molecular complexity index is 563. The van der Waals surface area contributed by atoms with Crippen molar-refractivity contribution in [2.45, 2.75) is 24.8 Å². The number of carbonyl (C=O) groups excluding carboxylic acids is 2. The summed E-state index contributed by atoms with van der Waals surface area (Å²) in [6, 6.07) is 7.08. The van der Waals surface area contributed by atoms with E-state index in [2.05, 4.69) is 10.6 Å². The normalized spacial score (nSPS) is 24.6. The van der Waals surface area contributed by atoms with E-state index in [1.807, 2.05) is 0 Å². The fraction of sp³-hybridized carbons (Fsp3) is 0.467. The Morgan fingerprint density at radius 3 is 2.57 bits per heavy atom. The summed E-state index contributed by atoms with van der Waals surface area (Å²) in [5.74, 6) is -0.0742. The first-order valence-corrected chi connectivity index (χ1v) is 7.16. The van der Waals surface area contributed by atoms with Crippen LogP contribution < -0.4 is 16.4 Å². The van der Waals surface area contributed by atoms with Crippen molar-refractivity contribution in [1.82, 2.24) is 0 Å². The molecular weight excluding hydrogens is 270 g/mol. The van der Waals surface area contributed by atoms with Crippen LogP contribution in [0.3, 0.4) is 0 Å². The number of anilines is 2. The minimum absolute atomic E-state index is 0.0398. The zero-order valence-electron chi connectivity index (χ0n) is 11.7. The lowest BCUT2D eigenvalue weighted by Gasteiger charge is -2.20. The zero-order valence-corrected chi connectivity index (χ0v) is 11.7. The average Bonchev–Trinajstić information content (AvgIpc) is 3.21. The number of hydrogen-bond acceptors (Lipinski definition) is 4. The maximum Gasteiger partial charge on any atom is 0.246 e. The molecule has 1 aliphatic heterocycles. The van der Waals surface area contributed by atoms with E-state index < -0.39 is 5.54 Å². The molecule has 0 spiro atoms. The van der Waals surface area contributed by atoms with E-state index in [4.69, 9.17) is 10.5 Å². The van der Waals surface area contributed by atoms with Crippen LogP contribution in [0.5, 0.6) is 0 Å². The van der Waals surface area contributed by atoms with Gasteiger partial charge in [-0.1, -0.05) is 6.07 Å². The fourth-order valence-electron chi connectivity index (χ4n) is 2.28. The van der Waals surface area contributed by atoms with Gasteiger partial charge in [-0.25, -0.2) is 0 Å². The Morgan fingerprint density at radius 1 is 1.24 bits per heavy atom. The Hall–Kier alpha value is -1.92. The summed E-state index contributed by atoms with van der Waals surface area (Å²) in [4.78, 5) is 23.9. The summed E-state index contributed by atoms with van der Waals surface area (Å²) in [5, 5.41) is 5.64. The second kappa shape index (κ2) is 5.46. The molecule has 0 bridgehead atoms. The van der Waals surface area contributed by atoms with E-state index in [0.29, 0.717) is 24.4 Å². The molecule has 2 fully saturated rings. The smallest absolute Gasteiger partial charge is 0.246 e. The molecule has 0 aromatic heterocycles. The van der Waals surface area contributed by atoms with Crippen LogP contribution in [-0.2, 0) is 14.3 Å². The molecule has 3 rings (SSSR count). The van der Waals surface area contributed by atoms with Crippen LogP contribution in [0.25, 0.3) is 0 Å². The van der Waals surface area contributed by atoms with Gasteiger partial charge in [0, 0.05) is 23.9 Å². The average molecular weight is 289 g/mol. The van der Waals surface area contributed by atoms with Gasteiger partial charge in [0.2, 0.25) is 11.8 Å². The SMILES string of the molecule is NC1(C(=O)Nc2cccc(NC(=O)C3CC3)c2)CCOC1. The monoisotopic (exact) mass is 289 g/mol. The molecule has 1 saturated heterocycles. The van der Waals surface area contributed by atoms with Crippen LogP contribution in [-0.4, -0.2) is 30.6 Å². The highest BCUT2D eigenvalue weighted by molar-refractivity contribution is 5.99. The molecule has 1 aliphatic carbocycles. The Labute approximate surface area is 123 Å². The van der Waals surface area contributed by atoms with E-state index in [0.717, 1.165) is 12.8 Å². The van der Waals surface area contributed by atoms with Crippen molar-refractivity contribution in [3.63, 3.8) is 0 Å². The van der Waals surface area contributed by atoms with Gasteiger partial charge in [0.25, 0.3) is 0 Å². The van der Waals surface area contributed by atoms with Crippen molar-refractivity contribution < 1.29 is 14.3 Å². The van der Waals surface area contributed by atoms with E-state index in [9.17, 15) is 9.59 Å². The number of rotatable bonds is 4. The number of benzene rings is 1. The lowest BCUT2D eigenvalue weighted by Crippen LogP contribution is -2.51. The first-order valence-electron chi connectivity index (χ1n) is 7.16. The summed E-state index contributed by atoms with van der Waals surface area (Å²) >= 11 is 0. The van der Waals surface area contributed by atoms with Gasteiger partial charge in [0.05, 0.1) is 6.61 Å². The Morgan fingerprint density at radius 2 is 1.95 bits per heavy atom. The zero-order chi connectivity index (χ0) is 14.9. The lowest BCUT2D eigenvalue weighted by atomic mass is 9.99. The molecule has 6 heteroatoms. The van der Waals surface area contributed by atoms with Crippen molar-refractivity contribution in [2.24, 2.45) is 11.7 Å². The van der Waals surface area contributed by atoms with E-state index in [-0.39, 0.29) is 24.3 Å². The second-order valence-corrected chi connectivity index (χ2v) is 5.76. The maximum atomic E-state index is 12.2. The van der Waals surface area contributed by atoms with Gasteiger partial charge >= 0.3 is 0 Å². The standard InChI is InChI=1S/C15H19N3O3/c16-15(6-7-21-9-15)14(20)18-12-3-1-2-11(8-12)17-13(19)10-4-5-10/h1-3,8,10H,4-7,9,16H2,(H,17,19)(H,18,20). The quantitative estimate of drug-likeness (QED) is 0.773. The van der Waals surface area contributed by atoms with E-state index >= 15 is 0 Å². The van der Waals surface area contributed by atoms with E-state index in [1.54, 1.807) is 24.3 Å². The first-order chi connectivity index (χ1) is 10.1. The molecule has 2 aliphatic rings. The van der Waals surface area contributed by atoms with Gasteiger partial charge in [-0.05, 0) is 37.5 Å². The second-order valence-electron chi connectivity index (χ2n) is 5.76. The molecule has 1 atom stereocenters. The van der Waals surface area contributed by atoms with Crippen LogP contribution >= 0.6 is 0 Å². The van der Waals surface area contributed by atoms with Gasteiger partial charge in [-0.3, -0.25) is 9.59 Å². The van der Waals surface area contributed by atoms with Crippen molar-refractivity contribution in [1.29, 1.82) is 0 Å². The third kappa shape index (κ3) is 3.22. The van der Waals surface area contributed by atoms with Crippen LogP contribution in [0.1, 0.15) is 19.3 Å².